The fourth-order valence-electron chi connectivity index (χ4n) is 2.33. The van der Waals surface area contributed by atoms with Gasteiger partial charge in [-0.1, -0.05) is 30.4 Å². The van der Waals surface area contributed by atoms with Crippen LogP contribution < -0.4 is 20.7 Å². The van der Waals surface area contributed by atoms with Gasteiger partial charge in [0.15, 0.2) is 5.13 Å². The summed E-state index contributed by atoms with van der Waals surface area (Å²) in [5.41, 5.74) is 1.84. The number of carbonyl (C=O) groups is 2. The van der Waals surface area contributed by atoms with E-state index in [1.807, 2.05) is 18.2 Å². The number of para-hydroxylation sites is 1. The molecule has 0 aliphatic heterocycles. The number of carbonyl (C=O) groups excluding carboxylic acids is 2. The largest absolute Gasteiger partial charge is 0.494 e. The maximum Gasteiger partial charge on any atom is 0.323 e. The van der Waals surface area contributed by atoms with Gasteiger partial charge in [-0.05, 0) is 34.1 Å². The molecule has 140 valence electrons. The number of rotatable bonds is 5. The minimum atomic E-state index is -0.382. The van der Waals surface area contributed by atoms with Gasteiger partial charge >= 0.3 is 6.03 Å². The zero-order valence-electron chi connectivity index (χ0n) is 14.6. The number of nitrogens with zero attached hydrogens (tertiary/aromatic N) is 1. The van der Waals surface area contributed by atoms with Crippen LogP contribution >= 0.6 is 27.3 Å². The SMILES string of the molecule is CCC(=O)Nc1nc2c(OC)cc(NC(=O)Nc3ccccc3Br)cc2s1. The monoisotopic (exact) mass is 448 g/mol. The van der Waals surface area contributed by atoms with Crippen LogP contribution in [0.25, 0.3) is 10.2 Å². The topological polar surface area (TPSA) is 92.3 Å². The number of halogens is 1. The van der Waals surface area contributed by atoms with E-state index in [2.05, 4.69) is 36.9 Å². The van der Waals surface area contributed by atoms with Crippen molar-refractivity contribution in [2.24, 2.45) is 0 Å². The fourth-order valence-corrected chi connectivity index (χ4v) is 3.66. The fraction of sp³-hybridized carbons (Fsp3) is 0.167. The zero-order valence-corrected chi connectivity index (χ0v) is 17.0. The van der Waals surface area contributed by atoms with Crippen molar-refractivity contribution in [2.45, 2.75) is 13.3 Å². The van der Waals surface area contributed by atoms with E-state index < -0.39 is 0 Å². The Hall–Kier alpha value is -2.65. The van der Waals surface area contributed by atoms with Gasteiger partial charge in [0.2, 0.25) is 5.91 Å². The maximum absolute atomic E-state index is 12.3. The smallest absolute Gasteiger partial charge is 0.323 e. The number of amides is 3. The molecule has 0 aliphatic carbocycles. The molecule has 1 heterocycles. The summed E-state index contributed by atoms with van der Waals surface area (Å²) in [7, 11) is 1.53. The normalized spacial score (nSPS) is 10.5. The molecule has 7 nitrogen and oxygen atoms in total. The lowest BCUT2D eigenvalue weighted by Crippen LogP contribution is -2.19. The summed E-state index contributed by atoms with van der Waals surface area (Å²) >= 11 is 4.71. The van der Waals surface area contributed by atoms with Crippen LogP contribution in [0.5, 0.6) is 5.75 Å². The first-order valence-electron chi connectivity index (χ1n) is 8.11. The number of hydrogen-bond donors (Lipinski definition) is 3. The van der Waals surface area contributed by atoms with Gasteiger partial charge in [-0.25, -0.2) is 9.78 Å². The van der Waals surface area contributed by atoms with E-state index in [0.29, 0.717) is 34.2 Å². The average molecular weight is 449 g/mol. The number of methoxy groups -OCH3 is 1. The number of aromatic nitrogens is 1. The number of thiazole rings is 1. The molecule has 3 aromatic rings. The van der Waals surface area contributed by atoms with E-state index in [1.54, 1.807) is 25.1 Å². The Labute approximate surface area is 168 Å². The molecule has 3 N–H and O–H groups in total. The Bertz CT molecular complexity index is 1010. The van der Waals surface area contributed by atoms with Crippen LogP contribution in [0, 0.1) is 0 Å². The Kier molecular flexibility index (Phi) is 5.92. The van der Waals surface area contributed by atoms with E-state index >= 15 is 0 Å². The van der Waals surface area contributed by atoms with Gasteiger partial charge in [-0.15, -0.1) is 0 Å². The Balaban J connectivity index is 1.83. The molecule has 27 heavy (non-hydrogen) atoms. The van der Waals surface area contributed by atoms with E-state index in [1.165, 1.54) is 18.4 Å². The Morgan fingerprint density at radius 3 is 2.67 bits per heavy atom. The molecule has 0 fully saturated rings. The van der Waals surface area contributed by atoms with Crippen molar-refractivity contribution in [3.8, 4) is 5.75 Å². The first-order valence-corrected chi connectivity index (χ1v) is 9.72. The van der Waals surface area contributed by atoms with E-state index in [4.69, 9.17) is 4.74 Å². The van der Waals surface area contributed by atoms with Crippen LogP contribution in [0.15, 0.2) is 40.9 Å². The molecule has 3 rings (SSSR count). The van der Waals surface area contributed by atoms with Crippen molar-refractivity contribution < 1.29 is 14.3 Å². The summed E-state index contributed by atoms with van der Waals surface area (Å²) in [5, 5.41) is 8.79. The molecule has 0 saturated carbocycles. The van der Waals surface area contributed by atoms with Crippen LogP contribution in [0.2, 0.25) is 0 Å². The minimum Gasteiger partial charge on any atom is -0.494 e. The van der Waals surface area contributed by atoms with Gasteiger partial charge < -0.3 is 20.7 Å². The summed E-state index contributed by atoms with van der Waals surface area (Å²) in [4.78, 5) is 28.3. The minimum absolute atomic E-state index is 0.112. The van der Waals surface area contributed by atoms with Gasteiger partial charge in [-0.3, -0.25) is 4.79 Å². The lowest BCUT2D eigenvalue weighted by molar-refractivity contribution is -0.115. The molecule has 2 aromatic carbocycles. The second-order valence-corrected chi connectivity index (χ2v) is 7.39. The summed E-state index contributed by atoms with van der Waals surface area (Å²) in [6, 6.07) is 10.4. The van der Waals surface area contributed by atoms with Crippen molar-refractivity contribution in [3.63, 3.8) is 0 Å². The van der Waals surface area contributed by atoms with Crippen molar-refractivity contribution in [2.75, 3.05) is 23.1 Å². The molecule has 1 aromatic heterocycles. The van der Waals surface area contributed by atoms with Crippen molar-refractivity contribution in [1.29, 1.82) is 0 Å². The first kappa shape index (κ1) is 19.1. The van der Waals surface area contributed by atoms with Crippen LogP contribution in [0.1, 0.15) is 13.3 Å². The lowest BCUT2D eigenvalue weighted by Gasteiger charge is -2.10. The molecule has 0 aliphatic rings. The van der Waals surface area contributed by atoms with Crippen LogP contribution in [0.4, 0.5) is 21.3 Å². The van der Waals surface area contributed by atoms with Gasteiger partial charge in [0.05, 0.1) is 17.5 Å². The number of nitrogens with one attached hydrogen (secondary N) is 3. The molecule has 0 atom stereocenters. The van der Waals surface area contributed by atoms with E-state index in [0.717, 1.165) is 9.17 Å². The highest BCUT2D eigenvalue weighted by Gasteiger charge is 2.14. The molecule has 0 bridgehead atoms. The van der Waals surface area contributed by atoms with Gasteiger partial charge in [-0.2, -0.15) is 0 Å². The first-order chi connectivity index (χ1) is 13.0. The summed E-state index contributed by atoms with van der Waals surface area (Å²) in [5.74, 6) is 0.399. The molecule has 0 saturated heterocycles. The second-order valence-electron chi connectivity index (χ2n) is 5.50. The van der Waals surface area contributed by atoms with Gasteiger partial charge in [0.25, 0.3) is 0 Å². The molecule has 9 heteroatoms. The number of ether oxygens (including phenoxy) is 1. The number of fused-ring (bicyclic) bond motifs is 1. The third kappa shape index (κ3) is 4.55. The standard InChI is InChI=1S/C18H17BrN4O3S/c1-3-15(24)22-18-23-16-13(26-2)8-10(9-14(16)27-18)20-17(25)21-12-7-5-4-6-11(12)19/h4-9H,3H2,1-2H3,(H2,20,21,25)(H,22,23,24). The number of anilines is 3. The van der Waals surface area contributed by atoms with Crippen LogP contribution in [-0.2, 0) is 4.79 Å². The Morgan fingerprint density at radius 1 is 1.19 bits per heavy atom. The Morgan fingerprint density at radius 2 is 1.96 bits per heavy atom. The lowest BCUT2D eigenvalue weighted by atomic mass is 10.2. The molecular formula is C18H17BrN4O3S. The second kappa shape index (κ2) is 8.36. The van der Waals surface area contributed by atoms with Crippen molar-refractivity contribution in [3.05, 3.63) is 40.9 Å². The van der Waals surface area contributed by atoms with E-state index in [9.17, 15) is 9.59 Å². The molecular weight excluding hydrogens is 432 g/mol. The highest BCUT2D eigenvalue weighted by atomic mass is 79.9. The zero-order chi connectivity index (χ0) is 19.4. The predicted molar refractivity (Wildman–Crippen MR) is 112 cm³/mol. The molecule has 0 radical (unpaired) electrons. The van der Waals surface area contributed by atoms with Crippen LogP contribution in [0.3, 0.4) is 0 Å². The van der Waals surface area contributed by atoms with Gasteiger partial charge in [0.1, 0.15) is 11.3 Å². The molecule has 0 unspecified atom stereocenters. The highest BCUT2D eigenvalue weighted by Crippen LogP contribution is 2.35. The maximum atomic E-state index is 12.3. The van der Waals surface area contributed by atoms with Crippen molar-refractivity contribution in [1.82, 2.24) is 4.98 Å². The van der Waals surface area contributed by atoms with Crippen LogP contribution in [-0.4, -0.2) is 24.0 Å². The third-order valence-electron chi connectivity index (χ3n) is 3.63. The third-order valence-corrected chi connectivity index (χ3v) is 5.24. The van der Waals surface area contributed by atoms with Gasteiger partial charge in [0, 0.05) is 22.6 Å². The quantitative estimate of drug-likeness (QED) is 0.508. The molecule has 0 spiro atoms. The van der Waals surface area contributed by atoms with E-state index in [-0.39, 0.29) is 11.9 Å². The summed E-state index contributed by atoms with van der Waals surface area (Å²) < 4.78 is 6.96. The highest BCUT2D eigenvalue weighted by molar-refractivity contribution is 9.10. The summed E-state index contributed by atoms with van der Waals surface area (Å²) in [6.07, 6.45) is 0.370. The number of benzene rings is 2. The van der Waals surface area contributed by atoms with Crippen molar-refractivity contribution >= 4 is 65.9 Å². The summed E-state index contributed by atoms with van der Waals surface area (Å²) in [6.45, 7) is 1.77. The average Bonchev–Trinajstić information content (AvgIpc) is 3.05. The predicted octanol–water partition coefficient (Wildman–Crippen LogP) is 5.06. The number of hydrogen-bond acceptors (Lipinski definition) is 5. The molecule has 3 amide bonds. The number of urea groups is 1.